The van der Waals surface area contributed by atoms with E-state index in [1.165, 1.54) is 14.2 Å². The molecule has 160 valence electrons. The van der Waals surface area contributed by atoms with E-state index in [-0.39, 0.29) is 19.8 Å². The molecule has 5 N–H and O–H groups in total. The zero-order valence-electron chi connectivity index (χ0n) is 15.9. The Kier molecular flexibility index (Phi) is 8.81. The molecule has 0 amide bonds. The van der Waals surface area contributed by atoms with E-state index in [0.717, 1.165) is 0 Å². The van der Waals surface area contributed by atoms with Crippen molar-refractivity contribution in [2.24, 2.45) is 0 Å². The van der Waals surface area contributed by atoms with Crippen LogP contribution in [0.4, 0.5) is 0 Å². The second-order valence-electron chi connectivity index (χ2n) is 6.98. The first-order chi connectivity index (χ1) is 12.8. The Morgan fingerprint density at radius 1 is 0.667 bits per heavy atom. The number of methoxy groups -OCH3 is 2. The highest BCUT2D eigenvalue weighted by Gasteiger charge is 2.46. The van der Waals surface area contributed by atoms with Crippen molar-refractivity contribution < 1.29 is 49.2 Å². The SMILES string of the molecule is CC[C@H]1OC(COC[C@H]2OC(COC)[C@@H](OC)[C@@H](O)C2O)[C@@H](O)[C@@H](O)C1O. The van der Waals surface area contributed by atoms with Gasteiger partial charge in [-0.25, -0.2) is 0 Å². The van der Waals surface area contributed by atoms with Crippen LogP contribution >= 0.6 is 0 Å². The lowest BCUT2D eigenvalue weighted by molar-refractivity contribution is -0.256. The highest BCUT2D eigenvalue weighted by atomic mass is 16.6. The molecule has 0 bridgehead atoms. The summed E-state index contributed by atoms with van der Waals surface area (Å²) in [5.41, 5.74) is 0. The van der Waals surface area contributed by atoms with Gasteiger partial charge in [0.2, 0.25) is 0 Å². The summed E-state index contributed by atoms with van der Waals surface area (Å²) in [6.45, 7) is 1.82. The van der Waals surface area contributed by atoms with Crippen LogP contribution < -0.4 is 0 Å². The predicted molar refractivity (Wildman–Crippen MR) is 91.1 cm³/mol. The Bertz CT molecular complexity index is 436. The van der Waals surface area contributed by atoms with Crippen LogP contribution in [0, 0.1) is 0 Å². The Morgan fingerprint density at radius 2 is 1.19 bits per heavy atom. The Labute approximate surface area is 158 Å². The largest absolute Gasteiger partial charge is 0.388 e. The number of rotatable bonds is 8. The van der Waals surface area contributed by atoms with E-state index in [0.29, 0.717) is 6.42 Å². The van der Waals surface area contributed by atoms with Gasteiger partial charge in [0.1, 0.15) is 54.9 Å². The maximum Gasteiger partial charge on any atom is 0.114 e. The number of hydrogen-bond acceptors (Lipinski definition) is 10. The van der Waals surface area contributed by atoms with Gasteiger partial charge in [0.15, 0.2) is 0 Å². The first-order valence-corrected chi connectivity index (χ1v) is 9.16. The van der Waals surface area contributed by atoms with Crippen molar-refractivity contribution in [3.63, 3.8) is 0 Å². The van der Waals surface area contributed by atoms with E-state index >= 15 is 0 Å². The normalized spacial score (nSPS) is 45.8. The van der Waals surface area contributed by atoms with E-state index in [1.54, 1.807) is 6.92 Å². The van der Waals surface area contributed by atoms with Crippen molar-refractivity contribution in [1.82, 2.24) is 0 Å². The van der Waals surface area contributed by atoms with Crippen molar-refractivity contribution >= 4 is 0 Å². The third kappa shape index (κ3) is 5.15. The first-order valence-electron chi connectivity index (χ1n) is 9.16. The van der Waals surface area contributed by atoms with Gasteiger partial charge < -0.3 is 49.2 Å². The molecule has 2 heterocycles. The molecular formula is C17H32O10. The maximum absolute atomic E-state index is 10.2. The van der Waals surface area contributed by atoms with E-state index in [1.807, 2.05) is 0 Å². The summed E-state index contributed by atoms with van der Waals surface area (Å²) < 4.78 is 27.1. The molecule has 2 rings (SSSR count). The minimum Gasteiger partial charge on any atom is -0.388 e. The average Bonchev–Trinajstić information content (AvgIpc) is 2.66. The van der Waals surface area contributed by atoms with Gasteiger partial charge in [-0.2, -0.15) is 0 Å². The fourth-order valence-corrected chi connectivity index (χ4v) is 3.55. The van der Waals surface area contributed by atoms with Crippen LogP contribution in [-0.2, 0) is 23.7 Å². The Balaban J connectivity index is 1.89. The molecule has 10 heteroatoms. The molecule has 10 nitrogen and oxygen atoms in total. The van der Waals surface area contributed by atoms with Gasteiger partial charge in [-0.3, -0.25) is 0 Å². The van der Waals surface area contributed by atoms with Crippen LogP contribution in [0.2, 0.25) is 0 Å². The lowest BCUT2D eigenvalue weighted by atomic mass is 9.94. The van der Waals surface area contributed by atoms with Crippen LogP contribution in [0.25, 0.3) is 0 Å². The van der Waals surface area contributed by atoms with E-state index in [4.69, 9.17) is 23.7 Å². The molecule has 0 spiro atoms. The van der Waals surface area contributed by atoms with Crippen molar-refractivity contribution in [2.45, 2.75) is 74.4 Å². The fraction of sp³-hybridized carbons (Fsp3) is 1.00. The summed E-state index contributed by atoms with van der Waals surface area (Å²) in [5.74, 6) is 0. The zero-order valence-corrected chi connectivity index (χ0v) is 15.9. The van der Waals surface area contributed by atoms with Gasteiger partial charge in [0, 0.05) is 14.2 Å². The van der Waals surface area contributed by atoms with Gasteiger partial charge in [-0.05, 0) is 6.42 Å². The summed E-state index contributed by atoms with van der Waals surface area (Å²) in [7, 11) is 2.90. The van der Waals surface area contributed by atoms with Crippen molar-refractivity contribution in [2.75, 3.05) is 34.0 Å². The van der Waals surface area contributed by atoms with Crippen molar-refractivity contribution in [1.29, 1.82) is 0 Å². The lowest BCUT2D eigenvalue weighted by Crippen LogP contribution is -2.61. The molecule has 27 heavy (non-hydrogen) atoms. The Morgan fingerprint density at radius 3 is 1.70 bits per heavy atom. The van der Waals surface area contributed by atoms with Crippen molar-refractivity contribution in [3.8, 4) is 0 Å². The quantitative estimate of drug-likeness (QED) is 0.296. The Hall–Kier alpha value is -0.400. The topological polar surface area (TPSA) is 147 Å². The molecule has 2 aliphatic rings. The summed E-state index contributed by atoms with van der Waals surface area (Å²) >= 11 is 0. The van der Waals surface area contributed by atoms with Gasteiger partial charge in [0.05, 0.1) is 25.9 Å². The lowest BCUT2D eigenvalue weighted by Gasteiger charge is -2.42. The van der Waals surface area contributed by atoms with Crippen LogP contribution in [0.15, 0.2) is 0 Å². The monoisotopic (exact) mass is 396 g/mol. The molecule has 10 atom stereocenters. The minimum atomic E-state index is -1.33. The molecule has 0 radical (unpaired) electrons. The van der Waals surface area contributed by atoms with Gasteiger partial charge in [-0.1, -0.05) is 6.92 Å². The van der Waals surface area contributed by atoms with Crippen LogP contribution in [0.3, 0.4) is 0 Å². The van der Waals surface area contributed by atoms with E-state index in [9.17, 15) is 25.5 Å². The van der Waals surface area contributed by atoms with Crippen LogP contribution in [-0.4, -0.2) is 121 Å². The molecule has 2 saturated heterocycles. The van der Waals surface area contributed by atoms with Gasteiger partial charge in [0.25, 0.3) is 0 Å². The standard InChI is InChI=1S/C17H32O10/c1-4-8-12(18)15(21)13(19)9(26-8)6-25-7-10-14(20)16(22)17(24-3)11(27-10)5-23-2/h8-22H,4-7H2,1-3H3/t8-,9?,10-,11?,12?,13-,14?,15+,16+,17-/m1/s1. The van der Waals surface area contributed by atoms with Crippen molar-refractivity contribution in [3.05, 3.63) is 0 Å². The smallest absolute Gasteiger partial charge is 0.114 e. The van der Waals surface area contributed by atoms with Crippen LogP contribution in [0.1, 0.15) is 13.3 Å². The predicted octanol–water partition coefficient (Wildman–Crippen LogP) is -2.59. The second kappa shape index (κ2) is 10.4. The molecule has 0 aromatic carbocycles. The molecular weight excluding hydrogens is 364 g/mol. The molecule has 0 aromatic rings. The molecule has 4 unspecified atom stereocenters. The van der Waals surface area contributed by atoms with Gasteiger partial charge >= 0.3 is 0 Å². The number of hydrogen-bond donors (Lipinski definition) is 5. The third-order valence-electron chi connectivity index (χ3n) is 5.16. The highest BCUT2D eigenvalue weighted by molar-refractivity contribution is 4.94. The zero-order chi connectivity index (χ0) is 20.1. The summed E-state index contributed by atoms with van der Waals surface area (Å²) in [5, 5.41) is 50.3. The average molecular weight is 396 g/mol. The molecule has 0 aromatic heterocycles. The van der Waals surface area contributed by atoms with E-state index < -0.39 is 61.0 Å². The first kappa shape index (κ1) is 22.9. The number of ether oxygens (including phenoxy) is 5. The summed E-state index contributed by atoms with van der Waals surface area (Å²) in [4.78, 5) is 0. The molecule has 0 saturated carbocycles. The third-order valence-corrected chi connectivity index (χ3v) is 5.16. The fourth-order valence-electron chi connectivity index (χ4n) is 3.55. The molecule has 2 aliphatic heterocycles. The van der Waals surface area contributed by atoms with E-state index in [2.05, 4.69) is 0 Å². The molecule has 2 fully saturated rings. The van der Waals surface area contributed by atoms with Crippen LogP contribution in [0.5, 0.6) is 0 Å². The summed E-state index contributed by atoms with van der Waals surface area (Å²) in [6, 6.07) is 0. The second-order valence-corrected chi connectivity index (χ2v) is 6.98. The maximum atomic E-state index is 10.2. The number of aliphatic hydroxyl groups is 5. The summed E-state index contributed by atoms with van der Waals surface area (Å²) in [6.07, 6.45) is -9.31. The minimum absolute atomic E-state index is 0.0725. The molecule has 0 aliphatic carbocycles. The van der Waals surface area contributed by atoms with Gasteiger partial charge in [-0.15, -0.1) is 0 Å². The number of aliphatic hydroxyl groups excluding tert-OH is 5. The highest BCUT2D eigenvalue weighted by Crippen LogP contribution is 2.26.